The number of benzene rings is 1. The second-order valence-electron chi connectivity index (χ2n) is 8.63. The minimum absolute atomic E-state index is 0.0429. The summed E-state index contributed by atoms with van der Waals surface area (Å²) in [6.07, 6.45) is 3.34. The molecule has 5 aromatic rings. The lowest BCUT2D eigenvalue weighted by Crippen LogP contribution is -2.28. The third kappa shape index (κ3) is 3.60. The van der Waals surface area contributed by atoms with Gasteiger partial charge in [-0.2, -0.15) is 0 Å². The first-order chi connectivity index (χ1) is 16.8. The topological polar surface area (TPSA) is 105 Å². The molecule has 0 N–H and O–H groups in total. The summed E-state index contributed by atoms with van der Waals surface area (Å²) in [6, 6.07) is 9.02. The Labute approximate surface area is 201 Å². The lowest BCUT2D eigenvalue weighted by Gasteiger charge is -2.15. The van der Waals surface area contributed by atoms with E-state index in [1.54, 1.807) is 24.1 Å². The predicted molar refractivity (Wildman–Crippen MR) is 132 cm³/mol. The molecule has 0 saturated carbocycles. The number of carbonyl (C=O) groups excluding carboxylic acids is 1. The second kappa shape index (κ2) is 8.50. The van der Waals surface area contributed by atoms with Crippen LogP contribution in [0.25, 0.3) is 33.1 Å². The van der Waals surface area contributed by atoms with Gasteiger partial charge in [0.15, 0.2) is 0 Å². The summed E-state index contributed by atoms with van der Waals surface area (Å²) in [5.41, 5.74) is 4.76. The fourth-order valence-corrected chi connectivity index (χ4v) is 4.70. The van der Waals surface area contributed by atoms with Gasteiger partial charge in [-0.25, -0.2) is 4.79 Å². The molecule has 0 saturated heterocycles. The highest BCUT2D eigenvalue weighted by Crippen LogP contribution is 2.39. The van der Waals surface area contributed by atoms with Crippen LogP contribution in [0.3, 0.4) is 0 Å². The standard InChI is InChI=1S/C26H25N5O4/c1-14(32)13-30-22-12-28-21-10-19(24-15(2)29-35-17(24)4)23(34-5)11-18(21)25(22)31(26(30)33)16(3)20-8-6-7-9-27-20/h6-12,16H,13H2,1-5H3/t16-/m1/s1. The summed E-state index contributed by atoms with van der Waals surface area (Å²) >= 11 is 0. The van der Waals surface area contributed by atoms with Gasteiger partial charge in [0, 0.05) is 17.1 Å². The van der Waals surface area contributed by atoms with Crippen LogP contribution in [0.5, 0.6) is 5.75 Å². The van der Waals surface area contributed by atoms with Crippen LogP contribution in [-0.4, -0.2) is 37.2 Å². The molecule has 1 atom stereocenters. The van der Waals surface area contributed by atoms with E-state index >= 15 is 0 Å². The average Bonchev–Trinajstić information content (AvgIpc) is 3.33. The number of aromatic nitrogens is 5. The van der Waals surface area contributed by atoms with Gasteiger partial charge in [0.2, 0.25) is 0 Å². The van der Waals surface area contributed by atoms with E-state index in [0.29, 0.717) is 28.1 Å². The molecule has 0 aliphatic carbocycles. The molecule has 5 rings (SSSR count). The van der Waals surface area contributed by atoms with Crippen molar-refractivity contribution >= 4 is 27.7 Å². The van der Waals surface area contributed by atoms with E-state index < -0.39 is 0 Å². The van der Waals surface area contributed by atoms with Gasteiger partial charge in [0.1, 0.15) is 17.3 Å². The monoisotopic (exact) mass is 471 g/mol. The molecule has 1 aromatic carbocycles. The molecule has 0 fully saturated rings. The lowest BCUT2D eigenvalue weighted by atomic mass is 10.00. The van der Waals surface area contributed by atoms with E-state index in [4.69, 9.17) is 9.26 Å². The summed E-state index contributed by atoms with van der Waals surface area (Å²) in [7, 11) is 1.60. The highest BCUT2D eigenvalue weighted by molar-refractivity contribution is 6.05. The quantitative estimate of drug-likeness (QED) is 0.365. The number of aryl methyl sites for hydroxylation is 2. The Bertz CT molecular complexity index is 1630. The zero-order chi connectivity index (χ0) is 24.9. The van der Waals surface area contributed by atoms with Crippen molar-refractivity contribution < 1.29 is 14.1 Å². The highest BCUT2D eigenvalue weighted by Gasteiger charge is 2.24. The molecule has 0 bridgehead atoms. The summed E-state index contributed by atoms with van der Waals surface area (Å²) in [6.45, 7) is 7.07. The number of nitrogens with zero attached hydrogens (tertiary/aromatic N) is 5. The molecule has 4 aromatic heterocycles. The Morgan fingerprint density at radius 1 is 1.20 bits per heavy atom. The summed E-state index contributed by atoms with van der Waals surface area (Å²) in [5, 5.41) is 4.81. The number of pyridine rings is 2. The van der Waals surface area contributed by atoms with Crippen LogP contribution in [0.15, 0.2) is 52.0 Å². The van der Waals surface area contributed by atoms with E-state index in [1.165, 1.54) is 11.5 Å². The summed E-state index contributed by atoms with van der Waals surface area (Å²) in [4.78, 5) is 34.8. The zero-order valence-corrected chi connectivity index (χ0v) is 20.2. The number of rotatable bonds is 6. The van der Waals surface area contributed by atoms with Gasteiger partial charge in [0.25, 0.3) is 0 Å². The summed E-state index contributed by atoms with van der Waals surface area (Å²) in [5.74, 6) is 1.16. The number of hydrogen-bond donors (Lipinski definition) is 0. The first kappa shape index (κ1) is 22.5. The van der Waals surface area contributed by atoms with Crippen molar-refractivity contribution in [3.63, 3.8) is 0 Å². The van der Waals surface area contributed by atoms with Crippen LogP contribution < -0.4 is 10.4 Å². The van der Waals surface area contributed by atoms with Crippen molar-refractivity contribution in [3.8, 4) is 16.9 Å². The molecule has 0 spiro atoms. The largest absolute Gasteiger partial charge is 0.496 e. The average molecular weight is 472 g/mol. The fourth-order valence-electron chi connectivity index (χ4n) is 4.70. The second-order valence-corrected chi connectivity index (χ2v) is 8.63. The van der Waals surface area contributed by atoms with Crippen molar-refractivity contribution in [2.45, 2.75) is 40.3 Å². The van der Waals surface area contributed by atoms with Crippen molar-refractivity contribution in [2.75, 3.05) is 7.11 Å². The van der Waals surface area contributed by atoms with Gasteiger partial charge < -0.3 is 9.26 Å². The van der Waals surface area contributed by atoms with Crippen LogP contribution in [0, 0.1) is 13.8 Å². The van der Waals surface area contributed by atoms with Crippen LogP contribution in [0.1, 0.15) is 37.0 Å². The normalized spacial score (nSPS) is 12.4. The third-order valence-electron chi connectivity index (χ3n) is 6.30. The van der Waals surface area contributed by atoms with Crippen molar-refractivity contribution in [2.24, 2.45) is 0 Å². The van der Waals surface area contributed by atoms with Crippen LogP contribution in [-0.2, 0) is 11.3 Å². The predicted octanol–water partition coefficient (Wildman–Crippen LogP) is 4.22. The van der Waals surface area contributed by atoms with Crippen molar-refractivity contribution in [1.82, 2.24) is 24.3 Å². The molecular weight excluding hydrogens is 446 g/mol. The lowest BCUT2D eigenvalue weighted by molar-refractivity contribution is -0.117. The van der Waals surface area contributed by atoms with Crippen molar-refractivity contribution in [3.05, 3.63) is 70.4 Å². The van der Waals surface area contributed by atoms with E-state index in [-0.39, 0.29) is 24.1 Å². The Kier molecular flexibility index (Phi) is 5.47. The van der Waals surface area contributed by atoms with Gasteiger partial charge in [-0.3, -0.25) is 23.9 Å². The molecule has 35 heavy (non-hydrogen) atoms. The maximum Gasteiger partial charge on any atom is 0.330 e. The SMILES string of the molecule is COc1cc2c(cc1-c1c(C)noc1C)ncc1c2n([C@H](C)c2ccccn2)c(=O)n1CC(C)=O. The van der Waals surface area contributed by atoms with Crippen LogP contribution in [0.2, 0.25) is 0 Å². The molecule has 0 aliphatic heterocycles. The number of fused-ring (bicyclic) bond motifs is 3. The Morgan fingerprint density at radius 3 is 2.63 bits per heavy atom. The van der Waals surface area contributed by atoms with E-state index in [1.807, 2.05) is 51.1 Å². The fraction of sp³-hybridized carbons (Fsp3) is 0.269. The zero-order valence-electron chi connectivity index (χ0n) is 20.2. The third-order valence-corrected chi connectivity index (χ3v) is 6.30. The minimum atomic E-state index is -0.377. The number of ether oxygens (including phenoxy) is 1. The molecule has 178 valence electrons. The number of imidazole rings is 1. The highest BCUT2D eigenvalue weighted by atomic mass is 16.5. The summed E-state index contributed by atoms with van der Waals surface area (Å²) < 4.78 is 14.3. The number of Topliss-reactive ketones (excluding diaryl/α,β-unsaturated/α-hetero) is 1. The van der Waals surface area contributed by atoms with Gasteiger partial charge >= 0.3 is 5.69 Å². The van der Waals surface area contributed by atoms with Crippen LogP contribution >= 0.6 is 0 Å². The smallest absolute Gasteiger partial charge is 0.330 e. The maximum atomic E-state index is 13.6. The number of hydrogen-bond acceptors (Lipinski definition) is 7. The maximum absolute atomic E-state index is 13.6. The van der Waals surface area contributed by atoms with E-state index in [9.17, 15) is 9.59 Å². The van der Waals surface area contributed by atoms with Gasteiger partial charge in [0.05, 0.1) is 59.4 Å². The minimum Gasteiger partial charge on any atom is -0.496 e. The van der Waals surface area contributed by atoms with Gasteiger partial charge in [-0.15, -0.1) is 0 Å². The molecule has 0 radical (unpaired) electrons. The molecule has 9 heteroatoms. The molecule has 0 aliphatic rings. The first-order valence-corrected chi connectivity index (χ1v) is 11.3. The molecule has 0 unspecified atom stereocenters. The molecule has 9 nitrogen and oxygen atoms in total. The molecule has 0 amide bonds. The molecular formula is C26H25N5O4. The van der Waals surface area contributed by atoms with E-state index in [2.05, 4.69) is 15.1 Å². The van der Waals surface area contributed by atoms with E-state index in [0.717, 1.165) is 27.9 Å². The Hall–Kier alpha value is -4.27. The number of ketones is 1. The number of carbonyl (C=O) groups is 1. The first-order valence-electron chi connectivity index (χ1n) is 11.3. The van der Waals surface area contributed by atoms with Crippen molar-refractivity contribution in [1.29, 1.82) is 0 Å². The molecule has 4 heterocycles. The number of methoxy groups -OCH3 is 1. The van der Waals surface area contributed by atoms with Gasteiger partial charge in [-0.1, -0.05) is 11.2 Å². The Balaban J connectivity index is 1.87. The van der Waals surface area contributed by atoms with Crippen LogP contribution in [0.4, 0.5) is 0 Å². The van der Waals surface area contributed by atoms with Gasteiger partial charge in [-0.05, 0) is 52.0 Å². The Morgan fingerprint density at radius 2 is 2.00 bits per heavy atom.